The highest BCUT2D eigenvalue weighted by molar-refractivity contribution is 8.01. The van der Waals surface area contributed by atoms with Crippen molar-refractivity contribution in [2.24, 2.45) is 5.92 Å². The SMILES string of the molecule is Cc1ccnc(NC(=O)CSC(C(=O)Nc2ccc([N+](=O)[O-])cc2C)C(C)C)c1. The van der Waals surface area contributed by atoms with Crippen LogP contribution in [0.5, 0.6) is 0 Å². The zero-order chi connectivity index (χ0) is 21.6. The molecule has 0 fully saturated rings. The molecule has 0 bridgehead atoms. The lowest BCUT2D eigenvalue weighted by Crippen LogP contribution is -2.31. The number of nitrogens with one attached hydrogen (secondary N) is 2. The lowest BCUT2D eigenvalue weighted by Gasteiger charge is -2.20. The maximum absolute atomic E-state index is 12.7. The van der Waals surface area contributed by atoms with Crippen LogP contribution in [0.4, 0.5) is 17.2 Å². The van der Waals surface area contributed by atoms with Gasteiger partial charge in [-0.25, -0.2) is 4.98 Å². The molecule has 0 saturated heterocycles. The summed E-state index contributed by atoms with van der Waals surface area (Å²) in [5.74, 6) is 0.0814. The Bertz CT molecular complexity index is 917. The Kier molecular flexibility index (Phi) is 7.72. The molecule has 1 aromatic carbocycles. The van der Waals surface area contributed by atoms with Gasteiger partial charge in [0.15, 0.2) is 0 Å². The zero-order valence-electron chi connectivity index (χ0n) is 16.8. The van der Waals surface area contributed by atoms with E-state index in [1.807, 2.05) is 26.8 Å². The quantitative estimate of drug-likeness (QED) is 0.498. The van der Waals surface area contributed by atoms with Gasteiger partial charge in [-0.2, -0.15) is 0 Å². The van der Waals surface area contributed by atoms with Crippen LogP contribution in [-0.2, 0) is 9.59 Å². The van der Waals surface area contributed by atoms with Gasteiger partial charge in [-0.1, -0.05) is 13.8 Å². The number of carbonyl (C=O) groups excluding carboxylic acids is 2. The predicted molar refractivity (Wildman–Crippen MR) is 115 cm³/mol. The third-order valence-corrected chi connectivity index (χ3v) is 5.67. The molecule has 9 heteroatoms. The topological polar surface area (TPSA) is 114 Å². The van der Waals surface area contributed by atoms with Crippen molar-refractivity contribution in [2.45, 2.75) is 32.9 Å². The number of anilines is 2. The number of benzene rings is 1. The predicted octanol–water partition coefficient (Wildman–Crippen LogP) is 3.94. The van der Waals surface area contributed by atoms with E-state index in [1.165, 1.54) is 30.0 Å². The highest BCUT2D eigenvalue weighted by Crippen LogP contribution is 2.25. The molecule has 0 spiro atoms. The van der Waals surface area contributed by atoms with Crippen LogP contribution in [0.25, 0.3) is 0 Å². The molecule has 1 unspecified atom stereocenters. The van der Waals surface area contributed by atoms with Crippen LogP contribution < -0.4 is 10.6 Å². The van der Waals surface area contributed by atoms with Crippen LogP contribution in [0.15, 0.2) is 36.5 Å². The number of thioether (sulfide) groups is 1. The normalized spacial score (nSPS) is 11.8. The van der Waals surface area contributed by atoms with Gasteiger partial charge in [0.05, 0.1) is 15.9 Å². The molecule has 0 aliphatic carbocycles. The zero-order valence-corrected chi connectivity index (χ0v) is 17.6. The summed E-state index contributed by atoms with van der Waals surface area (Å²) in [5.41, 5.74) is 2.07. The molecule has 1 heterocycles. The van der Waals surface area contributed by atoms with Crippen molar-refractivity contribution in [3.63, 3.8) is 0 Å². The van der Waals surface area contributed by atoms with Gasteiger partial charge in [0.1, 0.15) is 5.82 Å². The molecule has 0 radical (unpaired) electrons. The highest BCUT2D eigenvalue weighted by Gasteiger charge is 2.24. The molecule has 1 atom stereocenters. The average Bonchev–Trinajstić information content (AvgIpc) is 2.63. The molecule has 154 valence electrons. The molecule has 1 aromatic heterocycles. The minimum Gasteiger partial charge on any atom is -0.325 e. The Hall–Kier alpha value is -2.94. The molecule has 2 aromatic rings. The number of carbonyl (C=O) groups is 2. The van der Waals surface area contributed by atoms with E-state index >= 15 is 0 Å². The Morgan fingerprint density at radius 1 is 1.17 bits per heavy atom. The minimum atomic E-state index is -0.479. The van der Waals surface area contributed by atoms with E-state index in [0.717, 1.165) is 5.56 Å². The number of rotatable bonds is 8. The van der Waals surface area contributed by atoms with Crippen molar-refractivity contribution >= 4 is 40.8 Å². The number of amides is 2. The van der Waals surface area contributed by atoms with Crippen LogP contribution in [0.2, 0.25) is 0 Å². The summed E-state index contributed by atoms with van der Waals surface area (Å²) in [6, 6.07) is 7.89. The molecular weight excluding hydrogens is 392 g/mol. The van der Waals surface area contributed by atoms with E-state index < -0.39 is 10.2 Å². The van der Waals surface area contributed by atoms with Crippen molar-refractivity contribution in [2.75, 3.05) is 16.4 Å². The van der Waals surface area contributed by atoms with Crippen molar-refractivity contribution in [3.05, 3.63) is 57.8 Å². The molecule has 2 rings (SSSR count). The second-order valence-corrected chi connectivity index (χ2v) is 8.12. The number of hydrogen-bond donors (Lipinski definition) is 2. The number of pyridine rings is 1. The van der Waals surface area contributed by atoms with Gasteiger partial charge in [0.25, 0.3) is 5.69 Å². The van der Waals surface area contributed by atoms with E-state index in [4.69, 9.17) is 0 Å². The molecule has 0 saturated carbocycles. The second kappa shape index (κ2) is 10.0. The number of nitrogens with zero attached hydrogens (tertiary/aromatic N) is 2. The molecule has 2 N–H and O–H groups in total. The first kappa shape index (κ1) is 22.4. The lowest BCUT2D eigenvalue weighted by atomic mass is 10.1. The van der Waals surface area contributed by atoms with E-state index in [-0.39, 0.29) is 29.2 Å². The van der Waals surface area contributed by atoms with Crippen LogP contribution in [0.1, 0.15) is 25.0 Å². The average molecular weight is 417 g/mol. The standard InChI is InChI=1S/C20H24N4O4S/c1-12(2)19(29-11-18(25)23-17-9-13(3)7-8-21-17)20(26)22-16-6-5-15(24(27)28)10-14(16)4/h5-10,12,19H,11H2,1-4H3,(H,22,26)(H,21,23,25). The monoisotopic (exact) mass is 416 g/mol. The minimum absolute atomic E-state index is 0.0109. The van der Waals surface area contributed by atoms with Gasteiger partial charge in [0, 0.05) is 24.0 Å². The molecular formula is C20H24N4O4S. The second-order valence-electron chi connectivity index (χ2n) is 6.99. The van der Waals surface area contributed by atoms with Crippen LogP contribution in [0, 0.1) is 29.9 Å². The summed E-state index contributed by atoms with van der Waals surface area (Å²) in [7, 11) is 0. The van der Waals surface area contributed by atoms with Gasteiger partial charge in [-0.05, 0) is 49.1 Å². The van der Waals surface area contributed by atoms with Crippen LogP contribution in [0.3, 0.4) is 0 Å². The van der Waals surface area contributed by atoms with Gasteiger partial charge in [-0.15, -0.1) is 11.8 Å². The van der Waals surface area contributed by atoms with Crippen LogP contribution >= 0.6 is 11.8 Å². The van der Waals surface area contributed by atoms with E-state index in [0.29, 0.717) is 17.1 Å². The summed E-state index contributed by atoms with van der Waals surface area (Å²) in [5, 5.41) is 15.9. The molecule has 29 heavy (non-hydrogen) atoms. The fourth-order valence-electron chi connectivity index (χ4n) is 2.63. The van der Waals surface area contributed by atoms with Crippen molar-refractivity contribution in [1.29, 1.82) is 0 Å². The summed E-state index contributed by atoms with van der Waals surface area (Å²) >= 11 is 1.24. The Morgan fingerprint density at radius 3 is 2.48 bits per heavy atom. The van der Waals surface area contributed by atoms with E-state index in [1.54, 1.807) is 19.2 Å². The first-order valence-corrected chi connectivity index (χ1v) is 10.1. The first-order valence-electron chi connectivity index (χ1n) is 9.07. The smallest absolute Gasteiger partial charge is 0.269 e. The molecule has 8 nitrogen and oxygen atoms in total. The first-order chi connectivity index (χ1) is 13.7. The number of nitro groups is 1. The molecule has 2 amide bonds. The third kappa shape index (κ3) is 6.56. The van der Waals surface area contributed by atoms with Gasteiger partial charge in [-0.3, -0.25) is 19.7 Å². The summed E-state index contributed by atoms with van der Waals surface area (Å²) < 4.78 is 0. The van der Waals surface area contributed by atoms with Gasteiger partial charge in [0.2, 0.25) is 11.8 Å². The largest absolute Gasteiger partial charge is 0.325 e. The highest BCUT2D eigenvalue weighted by atomic mass is 32.2. The fourth-order valence-corrected chi connectivity index (χ4v) is 3.62. The Morgan fingerprint density at radius 2 is 1.90 bits per heavy atom. The number of aryl methyl sites for hydroxylation is 2. The summed E-state index contributed by atoms with van der Waals surface area (Å²) in [6.45, 7) is 7.41. The third-order valence-electron chi connectivity index (χ3n) is 4.12. The summed E-state index contributed by atoms with van der Waals surface area (Å²) in [6.07, 6.45) is 1.62. The van der Waals surface area contributed by atoms with Gasteiger partial charge < -0.3 is 10.6 Å². The molecule has 0 aliphatic heterocycles. The van der Waals surface area contributed by atoms with Crippen molar-refractivity contribution in [1.82, 2.24) is 4.98 Å². The molecule has 0 aliphatic rings. The lowest BCUT2D eigenvalue weighted by molar-refractivity contribution is -0.384. The Labute approximate surface area is 173 Å². The number of aromatic nitrogens is 1. The number of non-ortho nitro benzene ring substituents is 1. The number of nitro benzene ring substituents is 1. The number of hydrogen-bond acceptors (Lipinski definition) is 6. The maximum atomic E-state index is 12.7. The van der Waals surface area contributed by atoms with E-state index in [2.05, 4.69) is 15.6 Å². The van der Waals surface area contributed by atoms with Crippen molar-refractivity contribution in [3.8, 4) is 0 Å². The fraction of sp³-hybridized carbons (Fsp3) is 0.350. The van der Waals surface area contributed by atoms with Crippen molar-refractivity contribution < 1.29 is 14.5 Å². The Balaban J connectivity index is 1.99. The van der Waals surface area contributed by atoms with E-state index in [9.17, 15) is 19.7 Å². The van der Waals surface area contributed by atoms with Crippen LogP contribution in [-0.4, -0.2) is 32.7 Å². The summed E-state index contributed by atoms with van der Waals surface area (Å²) in [4.78, 5) is 39.4. The maximum Gasteiger partial charge on any atom is 0.269 e. The van der Waals surface area contributed by atoms with Gasteiger partial charge >= 0.3 is 0 Å².